The normalized spacial score (nSPS) is 22.7. The number of halogens is 2. The standard InChI is InChI=1S/C6H9F2NO2/c7-6(8)3-5(4-6)1-2-9(10)11/h5H,1-4H2. The van der Waals surface area contributed by atoms with Gasteiger partial charge in [0.15, 0.2) is 0 Å². The molecule has 1 fully saturated rings. The summed E-state index contributed by atoms with van der Waals surface area (Å²) in [5, 5.41) is 9.82. The van der Waals surface area contributed by atoms with Gasteiger partial charge in [-0.25, -0.2) is 8.78 Å². The molecule has 64 valence electrons. The Labute approximate surface area is 62.5 Å². The van der Waals surface area contributed by atoms with Crippen LogP contribution >= 0.6 is 0 Å². The van der Waals surface area contributed by atoms with Crippen LogP contribution in [0.4, 0.5) is 8.78 Å². The lowest BCUT2D eigenvalue weighted by Crippen LogP contribution is -2.36. The van der Waals surface area contributed by atoms with Gasteiger partial charge in [0.1, 0.15) is 0 Å². The molecular formula is C6H9F2NO2. The molecule has 0 aromatic rings. The summed E-state index contributed by atoms with van der Waals surface area (Å²) in [5.74, 6) is -2.67. The van der Waals surface area contributed by atoms with Crippen molar-refractivity contribution in [1.29, 1.82) is 0 Å². The van der Waals surface area contributed by atoms with E-state index in [9.17, 15) is 18.9 Å². The highest BCUT2D eigenvalue weighted by molar-refractivity contribution is 4.85. The predicted molar refractivity (Wildman–Crippen MR) is 34.1 cm³/mol. The van der Waals surface area contributed by atoms with E-state index in [1.165, 1.54) is 0 Å². The fourth-order valence-electron chi connectivity index (χ4n) is 1.28. The van der Waals surface area contributed by atoms with Crippen LogP contribution in [0.15, 0.2) is 0 Å². The predicted octanol–water partition coefficient (Wildman–Crippen LogP) is 1.70. The Bertz CT molecular complexity index is 164. The summed E-state index contributed by atoms with van der Waals surface area (Å²) in [6.07, 6.45) is -0.0374. The molecule has 1 rings (SSSR count). The van der Waals surface area contributed by atoms with Gasteiger partial charge >= 0.3 is 0 Å². The maximum atomic E-state index is 12.1. The zero-order valence-corrected chi connectivity index (χ0v) is 5.93. The molecule has 5 heteroatoms. The lowest BCUT2D eigenvalue weighted by Gasteiger charge is -2.33. The van der Waals surface area contributed by atoms with E-state index in [1.54, 1.807) is 0 Å². The van der Waals surface area contributed by atoms with Crippen LogP contribution in [0.1, 0.15) is 19.3 Å². The minimum atomic E-state index is -2.54. The number of nitrogens with zero attached hydrogens (tertiary/aromatic N) is 1. The fraction of sp³-hybridized carbons (Fsp3) is 1.00. The Hall–Kier alpha value is -0.740. The third-order valence-corrected chi connectivity index (χ3v) is 1.89. The van der Waals surface area contributed by atoms with Gasteiger partial charge < -0.3 is 0 Å². The van der Waals surface area contributed by atoms with Gasteiger partial charge in [0.2, 0.25) is 12.5 Å². The van der Waals surface area contributed by atoms with Gasteiger partial charge in [0, 0.05) is 24.2 Å². The lowest BCUT2D eigenvalue weighted by atomic mass is 9.79. The first-order valence-corrected chi connectivity index (χ1v) is 3.49. The molecule has 3 nitrogen and oxygen atoms in total. The second-order valence-electron chi connectivity index (χ2n) is 2.98. The van der Waals surface area contributed by atoms with Crippen molar-refractivity contribution in [2.75, 3.05) is 6.54 Å². The topological polar surface area (TPSA) is 43.1 Å². The van der Waals surface area contributed by atoms with E-state index in [0.29, 0.717) is 6.42 Å². The average molecular weight is 165 g/mol. The van der Waals surface area contributed by atoms with E-state index in [0.717, 1.165) is 0 Å². The maximum absolute atomic E-state index is 12.1. The zero-order chi connectivity index (χ0) is 8.48. The molecule has 1 saturated carbocycles. The second-order valence-corrected chi connectivity index (χ2v) is 2.98. The summed E-state index contributed by atoms with van der Waals surface area (Å²) in [4.78, 5) is 9.36. The van der Waals surface area contributed by atoms with Crippen LogP contribution in [-0.4, -0.2) is 17.4 Å². The van der Waals surface area contributed by atoms with Gasteiger partial charge in [0.25, 0.3) is 0 Å². The van der Waals surface area contributed by atoms with Gasteiger partial charge in [-0.1, -0.05) is 0 Å². The molecule has 1 aliphatic rings. The van der Waals surface area contributed by atoms with Crippen molar-refractivity contribution in [2.24, 2.45) is 5.92 Å². The molecule has 0 radical (unpaired) electrons. The molecule has 0 aromatic heterocycles. The van der Waals surface area contributed by atoms with E-state index in [2.05, 4.69) is 0 Å². The summed E-state index contributed by atoms with van der Waals surface area (Å²) in [5.41, 5.74) is 0. The molecule has 1 aliphatic carbocycles. The van der Waals surface area contributed by atoms with Crippen molar-refractivity contribution in [1.82, 2.24) is 0 Å². The van der Waals surface area contributed by atoms with Gasteiger partial charge in [-0.05, 0) is 5.92 Å². The fourth-order valence-corrected chi connectivity index (χ4v) is 1.28. The summed E-state index contributed by atoms with van der Waals surface area (Å²) in [7, 11) is 0. The molecule has 0 bridgehead atoms. The third kappa shape index (κ3) is 2.40. The maximum Gasteiger partial charge on any atom is 0.248 e. The van der Waals surface area contributed by atoms with Crippen LogP contribution in [0.2, 0.25) is 0 Å². The van der Waals surface area contributed by atoms with E-state index in [4.69, 9.17) is 0 Å². The zero-order valence-electron chi connectivity index (χ0n) is 5.93. The minimum Gasteiger partial charge on any atom is -0.265 e. The smallest absolute Gasteiger partial charge is 0.248 e. The highest BCUT2D eigenvalue weighted by atomic mass is 19.3. The molecule has 0 unspecified atom stereocenters. The molecule has 0 amide bonds. The van der Waals surface area contributed by atoms with Crippen molar-refractivity contribution in [2.45, 2.75) is 25.2 Å². The minimum absolute atomic E-state index is 0.129. The molecule has 0 aromatic carbocycles. The molecule has 11 heavy (non-hydrogen) atoms. The Balaban J connectivity index is 2.09. The Morgan fingerprint density at radius 3 is 2.45 bits per heavy atom. The van der Waals surface area contributed by atoms with E-state index in [-0.39, 0.29) is 25.3 Å². The monoisotopic (exact) mass is 165 g/mol. The highest BCUT2D eigenvalue weighted by Gasteiger charge is 2.45. The Morgan fingerprint density at radius 1 is 1.55 bits per heavy atom. The summed E-state index contributed by atoms with van der Waals surface area (Å²) in [6, 6.07) is 0. The lowest BCUT2D eigenvalue weighted by molar-refractivity contribution is -0.482. The molecule has 0 aliphatic heterocycles. The summed E-state index contributed by atoms with van der Waals surface area (Å²) in [6.45, 7) is -0.180. The van der Waals surface area contributed by atoms with Gasteiger partial charge in [-0.15, -0.1) is 0 Å². The molecule has 0 atom stereocenters. The average Bonchev–Trinajstić information content (AvgIpc) is 1.78. The van der Waals surface area contributed by atoms with Gasteiger partial charge in [0.05, 0.1) is 0 Å². The SMILES string of the molecule is O=[N+]([O-])CCC1CC(F)(F)C1. The van der Waals surface area contributed by atoms with Crippen LogP contribution < -0.4 is 0 Å². The van der Waals surface area contributed by atoms with Crippen LogP contribution in [0.3, 0.4) is 0 Å². The van der Waals surface area contributed by atoms with Crippen molar-refractivity contribution >= 4 is 0 Å². The molecule has 0 heterocycles. The van der Waals surface area contributed by atoms with Crippen LogP contribution in [0.25, 0.3) is 0 Å². The van der Waals surface area contributed by atoms with Crippen LogP contribution in [-0.2, 0) is 0 Å². The summed E-state index contributed by atoms with van der Waals surface area (Å²) < 4.78 is 24.3. The third-order valence-electron chi connectivity index (χ3n) is 1.89. The molecular weight excluding hydrogens is 156 g/mol. The van der Waals surface area contributed by atoms with E-state index < -0.39 is 10.8 Å². The number of hydrogen-bond acceptors (Lipinski definition) is 2. The van der Waals surface area contributed by atoms with Gasteiger partial charge in [-0.3, -0.25) is 10.1 Å². The van der Waals surface area contributed by atoms with Crippen molar-refractivity contribution < 1.29 is 13.7 Å². The number of alkyl halides is 2. The second kappa shape index (κ2) is 2.71. The Morgan fingerprint density at radius 2 is 2.09 bits per heavy atom. The number of hydrogen-bond donors (Lipinski definition) is 0. The molecule has 0 N–H and O–H groups in total. The van der Waals surface area contributed by atoms with Crippen molar-refractivity contribution in [3.05, 3.63) is 10.1 Å². The number of nitro groups is 1. The highest BCUT2D eigenvalue weighted by Crippen LogP contribution is 2.43. The van der Waals surface area contributed by atoms with Crippen molar-refractivity contribution in [3.63, 3.8) is 0 Å². The van der Waals surface area contributed by atoms with Crippen LogP contribution in [0.5, 0.6) is 0 Å². The summed E-state index contributed by atoms with van der Waals surface area (Å²) >= 11 is 0. The van der Waals surface area contributed by atoms with E-state index >= 15 is 0 Å². The molecule has 0 saturated heterocycles. The van der Waals surface area contributed by atoms with Crippen molar-refractivity contribution in [3.8, 4) is 0 Å². The van der Waals surface area contributed by atoms with E-state index in [1.807, 2.05) is 0 Å². The largest absolute Gasteiger partial charge is 0.265 e. The number of rotatable bonds is 3. The van der Waals surface area contributed by atoms with Crippen LogP contribution in [0, 0.1) is 16.0 Å². The quantitative estimate of drug-likeness (QED) is 0.471. The Kier molecular flexibility index (Phi) is 2.06. The first-order valence-electron chi connectivity index (χ1n) is 3.49. The first kappa shape index (κ1) is 8.36. The molecule has 0 spiro atoms. The first-order chi connectivity index (χ1) is 4.99. The van der Waals surface area contributed by atoms with Gasteiger partial charge in [-0.2, -0.15) is 0 Å².